The van der Waals surface area contributed by atoms with Gasteiger partial charge in [-0.1, -0.05) is 18.2 Å². The van der Waals surface area contributed by atoms with Crippen molar-refractivity contribution in [2.45, 2.75) is 0 Å². The summed E-state index contributed by atoms with van der Waals surface area (Å²) < 4.78 is 10.5. The lowest BCUT2D eigenvalue weighted by Gasteiger charge is -2.21. The lowest BCUT2D eigenvalue weighted by molar-refractivity contribution is 0.0990. The van der Waals surface area contributed by atoms with Crippen LogP contribution in [0.4, 0.5) is 11.4 Å². The molecular formula is C16H18N2O3. The minimum atomic E-state index is -0.255. The zero-order chi connectivity index (χ0) is 15.4. The van der Waals surface area contributed by atoms with E-state index in [1.54, 1.807) is 38.4 Å². The van der Waals surface area contributed by atoms with Crippen LogP contribution in [0.2, 0.25) is 0 Å². The number of hydrogen-bond acceptors (Lipinski definition) is 4. The van der Waals surface area contributed by atoms with Gasteiger partial charge in [0.15, 0.2) is 0 Å². The first-order valence-corrected chi connectivity index (χ1v) is 6.43. The third kappa shape index (κ3) is 2.76. The van der Waals surface area contributed by atoms with E-state index in [4.69, 9.17) is 15.2 Å². The van der Waals surface area contributed by atoms with E-state index >= 15 is 0 Å². The van der Waals surface area contributed by atoms with Crippen LogP contribution in [0.3, 0.4) is 0 Å². The monoisotopic (exact) mass is 286 g/mol. The van der Waals surface area contributed by atoms with Gasteiger partial charge in [-0.25, -0.2) is 0 Å². The van der Waals surface area contributed by atoms with Gasteiger partial charge in [0.05, 0.1) is 19.9 Å². The maximum absolute atomic E-state index is 12.7. The van der Waals surface area contributed by atoms with Crippen molar-refractivity contribution in [2.24, 2.45) is 0 Å². The largest absolute Gasteiger partial charge is 0.496 e. The summed E-state index contributed by atoms with van der Waals surface area (Å²) in [5.41, 5.74) is 7.30. The van der Waals surface area contributed by atoms with Crippen molar-refractivity contribution >= 4 is 17.3 Å². The summed E-state index contributed by atoms with van der Waals surface area (Å²) in [6, 6.07) is 12.4. The number of nitrogen functional groups attached to an aromatic ring is 1. The first-order chi connectivity index (χ1) is 10.1. The van der Waals surface area contributed by atoms with E-state index in [2.05, 4.69) is 0 Å². The number of amides is 1. The van der Waals surface area contributed by atoms with Crippen molar-refractivity contribution in [3.8, 4) is 11.5 Å². The van der Waals surface area contributed by atoms with Crippen molar-refractivity contribution in [1.29, 1.82) is 0 Å². The number of rotatable bonds is 4. The number of hydrogen-bond donors (Lipinski definition) is 1. The Balaban J connectivity index is 2.45. The minimum Gasteiger partial charge on any atom is -0.496 e. The second-order valence-electron chi connectivity index (χ2n) is 4.46. The Labute approximate surface area is 123 Å². The smallest absolute Gasteiger partial charge is 0.263 e. The molecule has 0 radical (unpaired) electrons. The molecular weight excluding hydrogens is 268 g/mol. The number of methoxy groups -OCH3 is 2. The van der Waals surface area contributed by atoms with E-state index in [0.29, 0.717) is 28.4 Å². The Kier molecular flexibility index (Phi) is 4.33. The molecule has 2 N–H and O–H groups in total. The number of benzene rings is 2. The van der Waals surface area contributed by atoms with Gasteiger partial charge in [-0.2, -0.15) is 0 Å². The molecule has 2 rings (SSSR count). The van der Waals surface area contributed by atoms with Crippen molar-refractivity contribution < 1.29 is 14.3 Å². The van der Waals surface area contributed by atoms with Gasteiger partial charge in [0.1, 0.15) is 17.1 Å². The van der Waals surface area contributed by atoms with E-state index < -0.39 is 0 Å². The van der Waals surface area contributed by atoms with Crippen LogP contribution in [0.1, 0.15) is 10.4 Å². The van der Waals surface area contributed by atoms with Gasteiger partial charge in [0.2, 0.25) is 0 Å². The fourth-order valence-electron chi connectivity index (χ4n) is 2.13. The molecule has 2 aromatic rings. The van der Waals surface area contributed by atoms with Gasteiger partial charge >= 0.3 is 0 Å². The van der Waals surface area contributed by atoms with Crippen LogP contribution in [0.25, 0.3) is 0 Å². The number of anilines is 2. The molecule has 5 nitrogen and oxygen atoms in total. The Morgan fingerprint density at radius 1 is 1.00 bits per heavy atom. The van der Waals surface area contributed by atoms with Crippen LogP contribution in [0.5, 0.6) is 11.5 Å². The summed E-state index contributed by atoms with van der Waals surface area (Å²) in [4.78, 5) is 14.2. The average molecular weight is 286 g/mol. The van der Waals surface area contributed by atoms with E-state index in [9.17, 15) is 4.79 Å². The highest BCUT2D eigenvalue weighted by Crippen LogP contribution is 2.31. The highest BCUT2D eigenvalue weighted by atomic mass is 16.5. The molecule has 0 aliphatic heterocycles. The molecule has 0 fully saturated rings. The second-order valence-corrected chi connectivity index (χ2v) is 4.46. The van der Waals surface area contributed by atoms with Crippen LogP contribution in [0.15, 0.2) is 42.5 Å². The van der Waals surface area contributed by atoms with Crippen molar-refractivity contribution in [3.05, 3.63) is 48.0 Å². The van der Waals surface area contributed by atoms with Crippen LogP contribution < -0.4 is 20.1 Å². The summed E-state index contributed by atoms with van der Waals surface area (Å²) >= 11 is 0. The molecule has 0 heterocycles. The lowest BCUT2D eigenvalue weighted by Crippen LogP contribution is -2.28. The normalized spacial score (nSPS) is 10.0. The molecule has 0 aliphatic rings. The van der Waals surface area contributed by atoms with Gasteiger partial charge in [-0.3, -0.25) is 4.79 Å². The number of carbonyl (C=O) groups excluding carboxylic acids is 1. The van der Waals surface area contributed by atoms with Gasteiger partial charge < -0.3 is 20.1 Å². The van der Waals surface area contributed by atoms with Gasteiger partial charge in [0.25, 0.3) is 5.91 Å². The number of nitrogens with zero attached hydrogens (tertiary/aromatic N) is 1. The molecule has 21 heavy (non-hydrogen) atoms. The van der Waals surface area contributed by atoms with Gasteiger partial charge in [-0.15, -0.1) is 0 Å². The predicted molar refractivity (Wildman–Crippen MR) is 83.1 cm³/mol. The maximum Gasteiger partial charge on any atom is 0.263 e. The van der Waals surface area contributed by atoms with Crippen LogP contribution in [-0.4, -0.2) is 27.2 Å². The molecule has 0 aromatic heterocycles. The predicted octanol–water partition coefficient (Wildman–Crippen LogP) is 2.56. The molecule has 0 saturated carbocycles. The Bertz CT molecular complexity index is 656. The molecule has 110 valence electrons. The molecule has 0 spiro atoms. The number of nitrogens with two attached hydrogens (primary N) is 1. The summed E-state index contributed by atoms with van der Waals surface area (Å²) in [5, 5.41) is 0. The fourth-order valence-corrected chi connectivity index (χ4v) is 2.13. The first kappa shape index (κ1) is 14.7. The minimum absolute atomic E-state index is 0.255. The molecule has 1 amide bonds. The third-order valence-electron chi connectivity index (χ3n) is 3.24. The van der Waals surface area contributed by atoms with Gasteiger partial charge in [0, 0.05) is 12.7 Å². The average Bonchev–Trinajstić information content (AvgIpc) is 2.53. The zero-order valence-electron chi connectivity index (χ0n) is 12.3. The molecule has 0 bridgehead atoms. The second kappa shape index (κ2) is 6.17. The molecule has 5 heteroatoms. The van der Waals surface area contributed by atoms with Gasteiger partial charge in [-0.05, 0) is 24.3 Å². The highest BCUT2D eigenvalue weighted by Gasteiger charge is 2.22. The summed E-state index contributed by atoms with van der Waals surface area (Å²) in [5.74, 6) is 0.804. The fraction of sp³-hybridized carbons (Fsp3) is 0.188. The van der Waals surface area contributed by atoms with Crippen molar-refractivity contribution in [3.63, 3.8) is 0 Å². The zero-order valence-corrected chi connectivity index (χ0v) is 12.3. The first-order valence-electron chi connectivity index (χ1n) is 6.43. The van der Waals surface area contributed by atoms with E-state index in [1.807, 2.05) is 18.2 Å². The summed E-state index contributed by atoms with van der Waals surface area (Å²) in [6.45, 7) is 0. The lowest BCUT2D eigenvalue weighted by atomic mass is 10.1. The quantitative estimate of drug-likeness (QED) is 0.877. The van der Waals surface area contributed by atoms with E-state index in [-0.39, 0.29) is 5.91 Å². The number of carbonyl (C=O) groups is 1. The summed E-state index contributed by atoms with van der Waals surface area (Å²) in [7, 11) is 4.75. The van der Waals surface area contributed by atoms with Crippen molar-refractivity contribution in [1.82, 2.24) is 0 Å². The highest BCUT2D eigenvalue weighted by molar-refractivity contribution is 6.11. The molecule has 2 aromatic carbocycles. The van der Waals surface area contributed by atoms with Crippen molar-refractivity contribution in [2.75, 3.05) is 31.9 Å². The molecule has 0 saturated heterocycles. The Morgan fingerprint density at radius 2 is 1.62 bits per heavy atom. The number of para-hydroxylation sites is 2. The van der Waals surface area contributed by atoms with Crippen LogP contribution in [0, 0.1) is 0 Å². The van der Waals surface area contributed by atoms with E-state index in [1.165, 1.54) is 12.0 Å². The summed E-state index contributed by atoms with van der Waals surface area (Å²) in [6.07, 6.45) is 0. The topological polar surface area (TPSA) is 64.8 Å². The maximum atomic E-state index is 12.7. The number of ether oxygens (including phenoxy) is 2. The Hall–Kier alpha value is -2.69. The van der Waals surface area contributed by atoms with Crippen LogP contribution >= 0.6 is 0 Å². The standard InChI is InChI=1S/C16H18N2O3/c1-18(12-8-4-5-9-13(12)20-2)16(19)15-11(17)7-6-10-14(15)21-3/h4-10H,17H2,1-3H3. The SMILES string of the molecule is COc1ccccc1N(C)C(=O)c1c(N)cccc1OC. The van der Waals surface area contributed by atoms with E-state index in [0.717, 1.165) is 0 Å². The molecule has 0 unspecified atom stereocenters. The Morgan fingerprint density at radius 3 is 2.29 bits per heavy atom. The van der Waals surface area contributed by atoms with Crippen LogP contribution in [-0.2, 0) is 0 Å². The molecule has 0 atom stereocenters. The molecule has 0 aliphatic carbocycles. The third-order valence-corrected chi connectivity index (χ3v) is 3.24.